The van der Waals surface area contributed by atoms with Crippen LogP contribution in [0, 0.1) is 6.92 Å². The molecule has 2 heterocycles. The summed E-state index contributed by atoms with van der Waals surface area (Å²) in [6.07, 6.45) is 1.17. The molecule has 0 spiro atoms. The summed E-state index contributed by atoms with van der Waals surface area (Å²) in [4.78, 5) is 6.87. The van der Waals surface area contributed by atoms with Crippen molar-refractivity contribution >= 4 is 0 Å². The number of hydrogen-bond acceptors (Lipinski definition) is 5. The van der Waals surface area contributed by atoms with Crippen LogP contribution in [0.4, 0.5) is 0 Å². The number of aromatic nitrogens is 2. The van der Waals surface area contributed by atoms with E-state index in [2.05, 4.69) is 39.4 Å². The largest absolute Gasteiger partial charge is 0.334 e. The number of nitrogens with zero attached hydrogens (tertiary/aromatic N) is 3. The lowest BCUT2D eigenvalue weighted by Gasteiger charge is -2.16. The summed E-state index contributed by atoms with van der Waals surface area (Å²) in [5, 5.41) is 7.49. The van der Waals surface area contributed by atoms with Crippen LogP contribution in [0.25, 0.3) is 11.5 Å². The Morgan fingerprint density at radius 2 is 2.25 bits per heavy atom. The highest BCUT2D eigenvalue weighted by molar-refractivity contribution is 5.53. The van der Waals surface area contributed by atoms with Crippen LogP contribution in [0.2, 0.25) is 0 Å². The van der Waals surface area contributed by atoms with E-state index in [9.17, 15) is 0 Å². The Bertz CT molecular complexity index is 559. The lowest BCUT2D eigenvalue weighted by Crippen LogP contribution is -2.28. The molecule has 20 heavy (non-hydrogen) atoms. The molecule has 5 nitrogen and oxygen atoms in total. The smallest absolute Gasteiger partial charge is 0.257 e. The highest BCUT2D eigenvalue weighted by Gasteiger charge is 2.14. The van der Waals surface area contributed by atoms with E-state index in [-0.39, 0.29) is 0 Å². The molecule has 1 aromatic heterocycles. The predicted octanol–water partition coefficient (Wildman–Crippen LogP) is 1.84. The van der Waals surface area contributed by atoms with E-state index in [1.165, 1.54) is 12.0 Å². The molecular weight excluding hydrogens is 252 g/mol. The van der Waals surface area contributed by atoms with Crippen LogP contribution in [0.15, 0.2) is 28.8 Å². The number of nitrogens with one attached hydrogen (secondary N) is 1. The Kier molecular flexibility index (Phi) is 4.08. The van der Waals surface area contributed by atoms with Gasteiger partial charge in [-0.2, -0.15) is 4.98 Å². The van der Waals surface area contributed by atoms with Crippen molar-refractivity contribution in [3.05, 3.63) is 35.7 Å². The van der Waals surface area contributed by atoms with Crippen molar-refractivity contribution in [3.8, 4) is 11.5 Å². The summed E-state index contributed by atoms with van der Waals surface area (Å²) < 4.78 is 5.38. The van der Waals surface area contributed by atoms with Gasteiger partial charge in [0.25, 0.3) is 5.89 Å². The fraction of sp³-hybridized carbons (Fsp3) is 0.467. The molecule has 1 aliphatic heterocycles. The first-order chi connectivity index (χ1) is 9.81. The summed E-state index contributed by atoms with van der Waals surface area (Å²) >= 11 is 0. The Balaban J connectivity index is 1.70. The highest BCUT2D eigenvalue weighted by Crippen LogP contribution is 2.18. The van der Waals surface area contributed by atoms with Crippen molar-refractivity contribution in [1.82, 2.24) is 20.4 Å². The molecule has 0 atom stereocenters. The quantitative estimate of drug-likeness (QED) is 0.924. The lowest BCUT2D eigenvalue weighted by molar-refractivity contribution is 0.271. The summed E-state index contributed by atoms with van der Waals surface area (Å²) in [6.45, 7) is 7.07. The SMILES string of the molecule is Cc1cccc(-c2nc(CN3CCCNCC3)no2)c1. The summed E-state index contributed by atoms with van der Waals surface area (Å²) in [7, 11) is 0. The molecule has 0 unspecified atom stereocenters. The minimum atomic E-state index is 0.608. The summed E-state index contributed by atoms with van der Waals surface area (Å²) in [5.41, 5.74) is 2.18. The van der Waals surface area contributed by atoms with E-state index in [0.29, 0.717) is 5.89 Å². The van der Waals surface area contributed by atoms with Crippen LogP contribution in [-0.2, 0) is 6.54 Å². The lowest BCUT2D eigenvalue weighted by atomic mass is 10.1. The molecule has 3 rings (SSSR count). The molecule has 1 aromatic carbocycles. The van der Waals surface area contributed by atoms with Gasteiger partial charge in [-0.25, -0.2) is 0 Å². The number of rotatable bonds is 3. The van der Waals surface area contributed by atoms with E-state index in [1.807, 2.05) is 12.1 Å². The van der Waals surface area contributed by atoms with E-state index >= 15 is 0 Å². The molecule has 1 saturated heterocycles. The van der Waals surface area contributed by atoms with Crippen molar-refractivity contribution in [2.75, 3.05) is 26.2 Å². The summed E-state index contributed by atoms with van der Waals surface area (Å²) in [6, 6.07) is 8.13. The van der Waals surface area contributed by atoms with Crippen LogP contribution in [-0.4, -0.2) is 41.2 Å². The first-order valence-electron chi connectivity index (χ1n) is 7.14. The first-order valence-corrected chi connectivity index (χ1v) is 7.14. The third-order valence-corrected chi connectivity index (χ3v) is 3.53. The molecule has 1 aliphatic rings. The minimum Gasteiger partial charge on any atom is -0.334 e. The Morgan fingerprint density at radius 1 is 1.30 bits per heavy atom. The Hall–Kier alpha value is -1.72. The van der Waals surface area contributed by atoms with E-state index in [1.54, 1.807) is 0 Å². The molecular formula is C15H20N4O. The van der Waals surface area contributed by atoms with Crippen molar-refractivity contribution in [2.45, 2.75) is 19.9 Å². The number of benzene rings is 1. The van der Waals surface area contributed by atoms with Gasteiger partial charge in [0, 0.05) is 18.7 Å². The second-order valence-electron chi connectivity index (χ2n) is 5.26. The molecule has 1 fully saturated rings. The average Bonchev–Trinajstić information content (AvgIpc) is 2.75. The van der Waals surface area contributed by atoms with Gasteiger partial charge in [0.1, 0.15) is 0 Å². The van der Waals surface area contributed by atoms with Crippen molar-refractivity contribution < 1.29 is 4.52 Å². The van der Waals surface area contributed by atoms with Crippen molar-refractivity contribution in [2.24, 2.45) is 0 Å². The van der Waals surface area contributed by atoms with Gasteiger partial charge in [0.05, 0.1) is 6.54 Å². The molecule has 0 saturated carbocycles. The van der Waals surface area contributed by atoms with Gasteiger partial charge in [-0.15, -0.1) is 0 Å². The monoisotopic (exact) mass is 272 g/mol. The molecule has 2 aromatic rings. The predicted molar refractivity (Wildman–Crippen MR) is 77.2 cm³/mol. The normalized spacial score (nSPS) is 17.1. The molecule has 0 aliphatic carbocycles. The van der Waals surface area contributed by atoms with E-state index in [0.717, 1.165) is 44.1 Å². The van der Waals surface area contributed by atoms with Gasteiger partial charge in [0.2, 0.25) is 0 Å². The topological polar surface area (TPSA) is 54.2 Å². The molecule has 5 heteroatoms. The average molecular weight is 272 g/mol. The molecule has 0 bridgehead atoms. The molecule has 1 N–H and O–H groups in total. The van der Waals surface area contributed by atoms with E-state index < -0.39 is 0 Å². The van der Waals surface area contributed by atoms with Crippen LogP contribution >= 0.6 is 0 Å². The summed E-state index contributed by atoms with van der Waals surface area (Å²) in [5.74, 6) is 1.38. The molecule has 0 amide bonds. The van der Waals surface area contributed by atoms with Crippen LogP contribution in [0.5, 0.6) is 0 Å². The van der Waals surface area contributed by atoms with Crippen LogP contribution < -0.4 is 5.32 Å². The van der Waals surface area contributed by atoms with Gasteiger partial charge in [-0.1, -0.05) is 22.9 Å². The van der Waals surface area contributed by atoms with Gasteiger partial charge >= 0.3 is 0 Å². The third-order valence-electron chi connectivity index (χ3n) is 3.53. The fourth-order valence-electron chi connectivity index (χ4n) is 2.47. The zero-order valence-corrected chi connectivity index (χ0v) is 11.8. The van der Waals surface area contributed by atoms with Crippen molar-refractivity contribution in [1.29, 1.82) is 0 Å². The number of hydrogen-bond donors (Lipinski definition) is 1. The molecule has 0 radical (unpaired) electrons. The maximum absolute atomic E-state index is 5.38. The van der Waals surface area contributed by atoms with Crippen LogP contribution in [0.3, 0.4) is 0 Å². The third kappa shape index (κ3) is 3.23. The maximum Gasteiger partial charge on any atom is 0.257 e. The van der Waals surface area contributed by atoms with E-state index in [4.69, 9.17) is 4.52 Å². The highest BCUT2D eigenvalue weighted by atomic mass is 16.5. The Morgan fingerprint density at radius 3 is 3.15 bits per heavy atom. The van der Waals surface area contributed by atoms with Crippen molar-refractivity contribution in [3.63, 3.8) is 0 Å². The van der Waals surface area contributed by atoms with Gasteiger partial charge in [-0.3, -0.25) is 4.90 Å². The first kappa shape index (κ1) is 13.3. The van der Waals surface area contributed by atoms with Crippen LogP contribution in [0.1, 0.15) is 17.8 Å². The zero-order chi connectivity index (χ0) is 13.8. The second kappa shape index (κ2) is 6.15. The zero-order valence-electron chi connectivity index (χ0n) is 11.8. The van der Waals surface area contributed by atoms with Gasteiger partial charge in [-0.05, 0) is 38.6 Å². The maximum atomic E-state index is 5.38. The molecule has 106 valence electrons. The fourth-order valence-corrected chi connectivity index (χ4v) is 2.47. The van der Waals surface area contributed by atoms with Gasteiger partial charge < -0.3 is 9.84 Å². The van der Waals surface area contributed by atoms with Gasteiger partial charge in [0.15, 0.2) is 5.82 Å². The minimum absolute atomic E-state index is 0.608. The Labute approximate surface area is 119 Å². The second-order valence-corrected chi connectivity index (χ2v) is 5.26. The number of aryl methyl sites for hydroxylation is 1. The standard InChI is InChI=1S/C15H20N4O/c1-12-4-2-5-13(10-12)15-17-14(18-20-15)11-19-8-3-6-16-7-9-19/h2,4-5,10,16H,3,6-9,11H2,1H3.